The van der Waals surface area contributed by atoms with E-state index >= 15 is 0 Å². The highest BCUT2D eigenvalue weighted by atomic mass is 32.2. The van der Waals surface area contributed by atoms with E-state index < -0.39 is 15.9 Å². The summed E-state index contributed by atoms with van der Waals surface area (Å²) < 4.78 is 29.8. The van der Waals surface area contributed by atoms with Gasteiger partial charge in [0.1, 0.15) is 6.61 Å². The van der Waals surface area contributed by atoms with Gasteiger partial charge in [-0.3, -0.25) is 9.52 Å². The van der Waals surface area contributed by atoms with E-state index in [1.807, 2.05) is 18.6 Å². The molecule has 1 N–H and O–H groups in total. The molecule has 5 nitrogen and oxygen atoms in total. The molecule has 0 saturated carbocycles. The Bertz CT molecular complexity index is 309. The summed E-state index contributed by atoms with van der Waals surface area (Å²) in [6.45, 7) is 7.19. The van der Waals surface area contributed by atoms with Crippen LogP contribution in [0.3, 0.4) is 0 Å². The molecule has 16 heavy (non-hydrogen) atoms. The number of hydrogen-bond donors (Lipinski definition) is 1. The smallest absolute Gasteiger partial charge is 0.259 e. The fourth-order valence-corrected chi connectivity index (χ4v) is 2.18. The first kappa shape index (κ1) is 15.4. The zero-order valence-electron chi connectivity index (χ0n) is 10.3. The van der Waals surface area contributed by atoms with E-state index in [-0.39, 0.29) is 18.5 Å². The van der Waals surface area contributed by atoms with E-state index in [0.717, 1.165) is 0 Å². The lowest BCUT2D eigenvalue weighted by Gasteiger charge is -2.10. The molecule has 1 amide bonds. The highest BCUT2D eigenvalue weighted by Gasteiger charge is 2.15. The second-order valence-electron chi connectivity index (χ2n) is 4.39. The van der Waals surface area contributed by atoms with Crippen LogP contribution >= 0.6 is 0 Å². The highest BCUT2D eigenvalue weighted by molar-refractivity contribution is 7.90. The van der Waals surface area contributed by atoms with Crippen LogP contribution in [0.4, 0.5) is 0 Å². The van der Waals surface area contributed by atoms with Crippen LogP contribution in [0, 0.1) is 5.92 Å². The largest absolute Gasteiger partial charge is 0.369 e. The van der Waals surface area contributed by atoms with Crippen molar-refractivity contribution in [1.29, 1.82) is 0 Å². The van der Waals surface area contributed by atoms with Crippen LogP contribution in [0.25, 0.3) is 0 Å². The van der Waals surface area contributed by atoms with Crippen LogP contribution < -0.4 is 4.72 Å². The molecule has 96 valence electrons. The third-order valence-corrected chi connectivity index (χ3v) is 3.09. The van der Waals surface area contributed by atoms with Gasteiger partial charge < -0.3 is 4.74 Å². The molecule has 0 spiro atoms. The van der Waals surface area contributed by atoms with Crippen molar-refractivity contribution in [3.8, 4) is 0 Å². The summed E-state index contributed by atoms with van der Waals surface area (Å²) >= 11 is 0. The fourth-order valence-electron chi connectivity index (χ4n) is 0.887. The Kier molecular flexibility index (Phi) is 6.59. The Balaban J connectivity index is 4.01. The predicted molar refractivity (Wildman–Crippen MR) is 62.5 cm³/mol. The number of ether oxygens (including phenoxy) is 1. The van der Waals surface area contributed by atoms with Gasteiger partial charge in [-0.1, -0.05) is 13.8 Å². The zero-order valence-corrected chi connectivity index (χ0v) is 11.1. The number of nitrogens with one attached hydrogen (secondary N) is 1. The molecule has 0 bridgehead atoms. The van der Waals surface area contributed by atoms with Crippen molar-refractivity contribution >= 4 is 15.9 Å². The van der Waals surface area contributed by atoms with Gasteiger partial charge in [0.15, 0.2) is 0 Å². The molecule has 0 atom stereocenters. The summed E-state index contributed by atoms with van der Waals surface area (Å²) in [5, 5.41) is 0. The van der Waals surface area contributed by atoms with Gasteiger partial charge in [-0.25, -0.2) is 8.42 Å². The standard InChI is InChI=1S/C10H21NO4S/c1-8(2)5-6-16(13,14)11-10(12)7-15-9(3)4/h8-9H,5-7H2,1-4H3,(H,11,12). The second kappa shape index (κ2) is 6.85. The maximum atomic E-state index is 11.4. The quantitative estimate of drug-likeness (QED) is 0.729. The Morgan fingerprint density at radius 2 is 1.81 bits per heavy atom. The summed E-state index contributed by atoms with van der Waals surface area (Å²) in [4.78, 5) is 11.2. The first-order chi connectivity index (χ1) is 7.23. The maximum absolute atomic E-state index is 11.4. The Hall–Kier alpha value is -0.620. The number of hydrogen-bond acceptors (Lipinski definition) is 4. The molecular weight excluding hydrogens is 230 g/mol. The van der Waals surface area contributed by atoms with Gasteiger partial charge in [0.2, 0.25) is 10.0 Å². The van der Waals surface area contributed by atoms with Crippen molar-refractivity contribution < 1.29 is 17.9 Å². The van der Waals surface area contributed by atoms with E-state index in [9.17, 15) is 13.2 Å². The molecule has 0 aromatic carbocycles. The summed E-state index contributed by atoms with van der Waals surface area (Å²) in [6, 6.07) is 0. The van der Waals surface area contributed by atoms with E-state index in [4.69, 9.17) is 4.74 Å². The molecular formula is C10H21NO4S. The lowest BCUT2D eigenvalue weighted by molar-refractivity contribution is -0.125. The molecule has 0 aliphatic heterocycles. The van der Waals surface area contributed by atoms with Crippen LogP contribution in [-0.2, 0) is 19.6 Å². The molecule has 0 rings (SSSR count). The molecule has 0 heterocycles. The third kappa shape index (κ3) is 8.67. The van der Waals surface area contributed by atoms with Crippen LogP contribution in [0.15, 0.2) is 0 Å². The van der Waals surface area contributed by atoms with Gasteiger partial charge >= 0.3 is 0 Å². The third-order valence-electron chi connectivity index (χ3n) is 1.78. The van der Waals surface area contributed by atoms with E-state index in [1.54, 1.807) is 13.8 Å². The minimum atomic E-state index is -3.50. The maximum Gasteiger partial charge on any atom is 0.259 e. The van der Waals surface area contributed by atoms with Crippen molar-refractivity contribution in [2.45, 2.75) is 40.2 Å². The molecule has 0 saturated heterocycles. The number of rotatable bonds is 7. The molecule has 6 heteroatoms. The molecule has 0 aromatic heterocycles. The lowest BCUT2D eigenvalue weighted by atomic mass is 10.2. The van der Waals surface area contributed by atoms with Gasteiger partial charge in [-0.2, -0.15) is 0 Å². The van der Waals surface area contributed by atoms with Crippen molar-refractivity contribution in [1.82, 2.24) is 4.72 Å². The minimum absolute atomic E-state index is 0.0297. The fraction of sp³-hybridized carbons (Fsp3) is 0.900. The Morgan fingerprint density at radius 1 is 1.25 bits per heavy atom. The SMILES string of the molecule is CC(C)CCS(=O)(=O)NC(=O)COC(C)C. The number of amides is 1. The summed E-state index contributed by atoms with van der Waals surface area (Å²) in [5.41, 5.74) is 0. The Morgan fingerprint density at radius 3 is 2.25 bits per heavy atom. The summed E-state index contributed by atoms with van der Waals surface area (Å²) in [5.74, 6) is -0.353. The summed E-state index contributed by atoms with van der Waals surface area (Å²) in [6.07, 6.45) is 0.442. The van der Waals surface area contributed by atoms with Crippen LogP contribution in [-0.4, -0.2) is 32.8 Å². The van der Waals surface area contributed by atoms with E-state index in [1.165, 1.54) is 0 Å². The van der Waals surface area contributed by atoms with Gasteiger partial charge in [0.25, 0.3) is 5.91 Å². The van der Waals surface area contributed by atoms with E-state index in [0.29, 0.717) is 12.3 Å². The molecule has 0 aromatic rings. The van der Waals surface area contributed by atoms with Gasteiger partial charge in [-0.15, -0.1) is 0 Å². The highest BCUT2D eigenvalue weighted by Crippen LogP contribution is 2.01. The van der Waals surface area contributed by atoms with Crippen LogP contribution in [0.2, 0.25) is 0 Å². The molecule has 0 radical (unpaired) electrons. The average molecular weight is 251 g/mol. The number of carbonyl (C=O) groups is 1. The first-order valence-corrected chi connectivity index (χ1v) is 7.03. The van der Waals surface area contributed by atoms with Crippen molar-refractivity contribution in [3.63, 3.8) is 0 Å². The van der Waals surface area contributed by atoms with E-state index in [2.05, 4.69) is 0 Å². The minimum Gasteiger partial charge on any atom is -0.369 e. The lowest BCUT2D eigenvalue weighted by Crippen LogP contribution is -2.36. The van der Waals surface area contributed by atoms with Crippen molar-refractivity contribution in [2.75, 3.05) is 12.4 Å². The topological polar surface area (TPSA) is 72.5 Å². The molecule has 0 unspecified atom stereocenters. The Labute approximate surface area is 97.6 Å². The van der Waals surface area contributed by atoms with Crippen LogP contribution in [0.5, 0.6) is 0 Å². The normalized spacial score (nSPS) is 12.1. The van der Waals surface area contributed by atoms with Gasteiger partial charge in [0, 0.05) is 0 Å². The monoisotopic (exact) mass is 251 g/mol. The predicted octanol–water partition coefficient (Wildman–Crippen LogP) is 0.903. The average Bonchev–Trinajstić information content (AvgIpc) is 2.11. The summed E-state index contributed by atoms with van der Waals surface area (Å²) in [7, 11) is -3.50. The van der Waals surface area contributed by atoms with Crippen molar-refractivity contribution in [2.24, 2.45) is 5.92 Å². The van der Waals surface area contributed by atoms with Gasteiger partial charge in [-0.05, 0) is 26.2 Å². The second-order valence-corrected chi connectivity index (χ2v) is 6.23. The van der Waals surface area contributed by atoms with Crippen molar-refractivity contribution in [3.05, 3.63) is 0 Å². The zero-order chi connectivity index (χ0) is 12.8. The number of carbonyl (C=O) groups excluding carboxylic acids is 1. The molecule has 0 aliphatic rings. The van der Waals surface area contributed by atoms with Crippen LogP contribution in [0.1, 0.15) is 34.1 Å². The number of sulfonamides is 1. The van der Waals surface area contributed by atoms with Gasteiger partial charge in [0.05, 0.1) is 11.9 Å². The molecule has 0 aliphatic carbocycles. The first-order valence-electron chi connectivity index (χ1n) is 5.38. The molecule has 0 fully saturated rings.